The van der Waals surface area contributed by atoms with E-state index < -0.39 is 34.3 Å². The lowest BCUT2D eigenvalue weighted by atomic mass is 10.1. The van der Waals surface area contributed by atoms with Crippen LogP contribution in [-0.2, 0) is 26.2 Å². The van der Waals surface area contributed by atoms with Gasteiger partial charge in [-0.1, -0.05) is 19.1 Å². The average Bonchev–Trinajstić information content (AvgIpc) is 3.25. The van der Waals surface area contributed by atoms with Crippen LogP contribution in [0.4, 0.5) is 10.1 Å². The third-order valence-corrected chi connectivity index (χ3v) is 6.36. The monoisotopic (exact) mass is 479 g/mol. The first-order chi connectivity index (χ1) is 15.6. The number of benzene rings is 2. The molecular formula is C22H26FN3O6S. The molecule has 33 heavy (non-hydrogen) atoms. The van der Waals surface area contributed by atoms with E-state index in [1.54, 1.807) is 13.0 Å². The number of carbonyl (C=O) groups is 2. The van der Waals surface area contributed by atoms with E-state index in [-0.39, 0.29) is 24.9 Å². The van der Waals surface area contributed by atoms with Crippen molar-refractivity contribution in [1.82, 2.24) is 10.2 Å². The Balaban J connectivity index is 1.93. The van der Waals surface area contributed by atoms with Crippen LogP contribution in [0.15, 0.2) is 42.5 Å². The number of likely N-dealkylation sites (N-methyl/N-ethyl adjacent to an activating group) is 1. The molecule has 1 N–H and O–H groups in total. The standard InChI is InChI=1S/C22H26FN3O6S/c1-4-18(22(28)24-2)25(12-15-5-7-16(23)8-6-15)21(27)13-26(33(3,29)30)17-9-10-19-20(11-17)32-14-31-19/h5-11,18H,4,12-14H2,1-3H3,(H,24,28). The molecule has 3 rings (SSSR count). The second-order valence-electron chi connectivity index (χ2n) is 7.49. The van der Waals surface area contributed by atoms with Gasteiger partial charge in [0.1, 0.15) is 18.4 Å². The summed E-state index contributed by atoms with van der Waals surface area (Å²) in [5, 5.41) is 2.53. The van der Waals surface area contributed by atoms with Crippen LogP contribution in [0.1, 0.15) is 18.9 Å². The number of ether oxygens (including phenoxy) is 2. The van der Waals surface area contributed by atoms with Gasteiger partial charge in [0.05, 0.1) is 11.9 Å². The maximum atomic E-state index is 13.4. The second kappa shape index (κ2) is 10.1. The molecule has 0 spiro atoms. The molecule has 11 heteroatoms. The minimum atomic E-state index is -3.86. The summed E-state index contributed by atoms with van der Waals surface area (Å²) in [6.45, 7) is 1.24. The summed E-state index contributed by atoms with van der Waals surface area (Å²) in [5.74, 6) is -0.559. The number of halogens is 1. The van der Waals surface area contributed by atoms with Gasteiger partial charge in [0.2, 0.25) is 28.6 Å². The van der Waals surface area contributed by atoms with Gasteiger partial charge in [-0.25, -0.2) is 12.8 Å². The highest BCUT2D eigenvalue weighted by Crippen LogP contribution is 2.36. The highest BCUT2D eigenvalue weighted by Gasteiger charge is 2.31. The van der Waals surface area contributed by atoms with E-state index in [4.69, 9.17) is 9.47 Å². The predicted octanol–water partition coefficient (Wildman–Crippen LogP) is 1.87. The minimum Gasteiger partial charge on any atom is -0.454 e. The lowest BCUT2D eigenvalue weighted by Crippen LogP contribution is -2.51. The fourth-order valence-corrected chi connectivity index (χ4v) is 4.37. The van der Waals surface area contributed by atoms with Gasteiger partial charge in [-0.15, -0.1) is 0 Å². The number of nitrogens with one attached hydrogen (secondary N) is 1. The zero-order chi connectivity index (χ0) is 24.2. The van der Waals surface area contributed by atoms with Crippen LogP contribution in [0.2, 0.25) is 0 Å². The van der Waals surface area contributed by atoms with Crippen molar-refractivity contribution in [3.63, 3.8) is 0 Å². The Bertz CT molecular complexity index is 1120. The van der Waals surface area contributed by atoms with E-state index in [1.807, 2.05) is 0 Å². The zero-order valence-corrected chi connectivity index (χ0v) is 19.4. The highest BCUT2D eigenvalue weighted by atomic mass is 32.2. The van der Waals surface area contributed by atoms with Gasteiger partial charge in [0, 0.05) is 19.7 Å². The Morgan fingerprint density at radius 1 is 1.12 bits per heavy atom. The van der Waals surface area contributed by atoms with Gasteiger partial charge < -0.3 is 19.7 Å². The summed E-state index contributed by atoms with van der Waals surface area (Å²) in [7, 11) is -2.40. The molecule has 2 aromatic carbocycles. The van der Waals surface area contributed by atoms with E-state index in [2.05, 4.69) is 5.32 Å². The third kappa shape index (κ3) is 5.72. The lowest BCUT2D eigenvalue weighted by molar-refractivity contribution is -0.140. The van der Waals surface area contributed by atoms with Crippen LogP contribution < -0.4 is 19.1 Å². The van der Waals surface area contributed by atoms with Crippen LogP contribution in [0.5, 0.6) is 11.5 Å². The zero-order valence-electron chi connectivity index (χ0n) is 18.6. The molecular weight excluding hydrogens is 453 g/mol. The summed E-state index contributed by atoms with van der Waals surface area (Å²) >= 11 is 0. The van der Waals surface area contributed by atoms with Crippen LogP contribution in [0.25, 0.3) is 0 Å². The van der Waals surface area contributed by atoms with Crippen molar-refractivity contribution >= 4 is 27.5 Å². The molecule has 9 nitrogen and oxygen atoms in total. The quantitative estimate of drug-likeness (QED) is 0.589. The molecule has 0 aliphatic carbocycles. The SMILES string of the molecule is CCC(C(=O)NC)N(Cc1ccc(F)cc1)C(=O)CN(c1ccc2c(c1)OCO2)S(C)(=O)=O. The van der Waals surface area contributed by atoms with Gasteiger partial charge in [0.15, 0.2) is 11.5 Å². The summed E-state index contributed by atoms with van der Waals surface area (Å²) in [5.41, 5.74) is 0.825. The summed E-state index contributed by atoms with van der Waals surface area (Å²) in [6, 6.07) is 9.26. The molecule has 1 unspecified atom stereocenters. The normalized spacial score (nSPS) is 13.3. The maximum absolute atomic E-state index is 13.4. The molecule has 0 fully saturated rings. The first kappa shape index (κ1) is 24.3. The summed E-state index contributed by atoms with van der Waals surface area (Å²) in [4.78, 5) is 27.2. The minimum absolute atomic E-state index is 0.00375. The Hall–Kier alpha value is -3.34. The van der Waals surface area contributed by atoms with E-state index in [0.717, 1.165) is 10.6 Å². The van der Waals surface area contributed by atoms with Gasteiger partial charge in [-0.2, -0.15) is 0 Å². The largest absolute Gasteiger partial charge is 0.454 e. The first-order valence-corrected chi connectivity index (χ1v) is 12.1. The van der Waals surface area contributed by atoms with Crippen molar-refractivity contribution in [2.24, 2.45) is 0 Å². The number of nitrogens with zero attached hydrogens (tertiary/aromatic N) is 2. The Kier molecular flexibility index (Phi) is 7.42. The molecule has 0 radical (unpaired) electrons. The summed E-state index contributed by atoms with van der Waals surface area (Å²) in [6.07, 6.45) is 1.29. The molecule has 1 heterocycles. The summed E-state index contributed by atoms with van der Waals surface area (Å²) < 4.78 is 50.0. The first-order valence-electron chi connectivity index (χ1n) is 10.3. The van der Waals surface area contributed by atoms with Crippen molar-refractivity contribution in [3.05, 3.63) is 53.8 Å². The van der Waals surface area contributed by atoms with E-state index in [1.165, 1.54) is 48.3 Å². The number of anilines is 1. The fourth-order valence-electron chi connectivity index (χ4n) is 3.53. The molecule has 0 bridgehead atoms. The Morgan fingerprint density at radius 3 is 2.39 bits per heavy atom. The molecule has 1 aliphatic rings. The van der Waals surface area contributed by atoms with Crippen molar-refractivity contribution < 1.29 is 31.9 Å². The van der Waals surface area contributed by atoms with Crippen molar-refractivity contribution in [1.29, 1.82) is 0 Å². The molecule has 2 aromatic rings. The van der Waals surface area contributed by atoms with E-state index in [9.17, 15) is 22.4 Å². The van der Waals surface area contributed by atoms with Crippen molar-refractivity contribution in [2.75, 3.05) is 30.9 Å². The molecule has 0 saturated carbocycles. The Morgan fingerprint density at radius 2 is 1.79 bits per heavy atom. The van der Waals surface area contributed by atoms with Gasteiger partial charge >= 0.3 is 0 Å². The lowest BCUT2D eigenvalue weighted by Gasteiger charge is -2.32. The number of sulfonamides is 1. The molecule has 1 atom stereocenters. The van der Waals surface area contributed by atoms with Gasteiger partial charge in [-0.05, 0) is 36.2 Å². The van der Waals surface area contributed by atoms with E-state index in [0.29, 0.717) is 23.5 Å². The number of rotatable bonds is 9. The molecule has 178 valence electrons. The smallest absolute Gasteiger partial charge is 0.244 e. The van der Waals surface area contributed by atoms with Crippen molar-refractivity contribution in [2.45, 2.75) is 25.9 Å². The maximum Gasteiger partial charge on any atom is 0.244 e. The topological polar surface area (TPSA) is 105 Å². The molecule has 2 amide bonds. The van der Waals surface area contributed by atoms with E-state index >= 15 is 0 Å². The van der Waals surface area contributed by atoms with Crippen molar-refractivity contribution in [3.8, 4) is 11.5 Å². The average molecular weight is 480 g/mol. The highest BCUT2D eigenvalue weighted by molar-refractivity contribution is 7.92. The molecule has 0 saturated heterocycles. The van der Waals surface area contributed by atoms with Gasteiger partial charge in [-0.3, -0.25) is 13.9 Å². The van der Waals surface area contributed by atoms with Crippen LogP contribution in [0.3, 0.4) is 0 Å². The number of hydrogen-bond acceptors (Lipinski definition) is 6. The second-order valence-corrected chi connectivity index (χ2v) is 9.40. The predicted molar refractivity (Wildman–Crippen MR) is 120 cm³/mol. The van der Waals surface area contributed by atoms with Crippen LogP contribution >= 0.6 is 0 Å². The van der Waals surface area contributed by atoms with Gasteiger partial charge in [0.25, 0.3) is 0 Å². The molecule has 0 aromatic heterocycles. The molecule has 1 aliphatic heterocycles. The van der Waals surface area contributed by atoms with Crippen LogP contribution in [0, 0.1) is 5.82 Å². The fraction of sp³-hybridized carbons (Fsp3) is 0.364. The number of fused-ring (bicyclic) bond motifs is 1. The number of carbonyl (C=O) groups excluding carboxylic acids is 2. The Labute approximate surface area is 192 Å². The number of hydrogen-bond donors (Lipinski definition) is 1. The van der Waals surface area contributed by atoms with Crippen LogP contribution in [-0.4, -0.2) is 57.8 Å². The number of amides is 2. The third-order valence-electron chi connectivity index (χ3n) is 5.22.